The third kappa shape index (κ3) is 1.73. The van der Waals surface area contributed by atoms with Gasteiger partial charge in [0.15, 0.2) is 0 Å². The zero-order valence-corrected chi connectivity index (χ0v) is 6.99. The summed E-state index contributed by atoms with van der Waals surface area (Å²) in [5.41, 5.74) is -0.614. The van der Waals surface area contributed by atoms with Crippen LogP contribution in [0.5, 0.6) is 0 Å². The van der Waals surface area contributed by atoms with Crippen LogP contribution in [0.3, 0.4) is 0 Å². The fourth-order valence-corrected chi connectivity index (χ4v) is 0.885. The minimum atomic E-state index is -0.891. The standard InChI is InChI=1S/C6H6N4O4/c1-2-3-8-4-5(9(11)12)6(7-8)10(13)14/h2,4H,1,3H2. The Morgan fingerprint density at radius 1 is 1.50 bits per heavy atom. The second-order valence-corrected chi connectivity index (χ2v) is 2.36. The van der Waals surface area contributed by atoms with Crippen molar-refractivity contribution in [2.75, 3.05) is 0 Å². The van der Waals surface area contributed by atoms with Crippen molar-refractivity contribution >= 4 is 11.5 Å². The summed E-state index contributed by atoms with van der Waals surface area (Å²) in [6.45, 7) is 3.57. The van der Waals surface area contributed by atoms with Crippen molar-refractivity contribution < 1.29 is 9.85 Å². The van der Waals surface area contributed by atoms with Gasteiger partial charge in [-0.15, -0.1) is 6.58 Å². The number of hydrogen-bond donors (Lipinski definition) is 0. The normalized spacial score (nSPS) is 9.71. The Morgan fingerprint density at radius 2 is 2.14 bits per heavy atom. The Labute approximate surface area is 77.7 Å². The second-order valence-electron chi connectivity index (χ2n) is 2.36. The van der Waals surface area contributed by atoms with Gasteiger partial charge < -0.3 is 10.1 Å². The van der Waals surface area contributed by atoms with E-state index in [1.807, 2.05) is 0 Å². The maximum Gasteiger partial charge on any atom is 0.467 e. The highest BCUT2D eigenvalue weighted by molar-refractivity contribution is 5.44. The maximum absolute atomic E-state index is 10.4. The lowest BCUT2D eigenvalue weighted by molar-refractivity contribution is -0.424. The molecule has 0 N–H and O–H groups in total. The molecule has 8 heteroatoms. The van der Waals surface area contributed by atoms with Gasteiger partial charge in [-0.1, -0.05) is 6.08 Å². The predicted octanol–water partition coefficient (Wildman–Crippen LogP) is 0.885. The summed E-state index contributed by atoms with van der Waals surface area (Å²) in [6.07, 6.45) is 2.43. The van der Waals surface area contributed by atoms with Crippen molar-refractivity contribution in [1.29, 1.82) is 0 Å². The highest BCUT2D eigenvalue weighted by Gasteiger charge is 2.30. The van der Waals surface area contributed by atoms with Gasteiger partial charge in [0, 0.05) is 0 Å². The van der Waals surface area contributed by atoms with Crippen LogP contribution in [0.1, 0.15) is 0 Å². The fourth-order valence-electron chi connectivity index (χ4n) is 0.885. The molecule has 74 valence electrons. The van der Waals surface area contributed by atoms with Gasteiger partial charge in [-0.25, -0.2) is 0 Å². The molecule has 8 nitrogen and oxygen atoms in total. The molecule has 0 aliphatic heterocycles. The third-order valence-corrected chi connectivity index (χ3v) is 1.41. The van der Waals surface area contributed by atoms with Crippen LogP contribution in [-0.2, 0) is 6.54 Å². The largest absolute Gasteiger partial charge is 0.467 e. The van der Waals surface area contributed by atoms with E-state index in [0.29, 0.717) is 0 Å². The molecule has 1 heterocycles. The van der Waals surface area contributed by atoms with E-state index in [9.17, 15) is 20.2 Å². The SMILES string of the molecule is C=CCn1cc([N+](=O)[O-])c([N+](=O)[O-])n1. The van der Waals surface area contributed by atoms with Crippen LogP contribution in [0.15, 0.2) is 18.9 Å². The fraction of sp³-hybridized carbons (Fsp3) is 0.167. The number of rotatable bonds is 4. The van der Waals surface area contributed by atoms with Gasteiger partial charge in [0.2, 0.25) is 0 Å². The van der Waals surface area contributed by atoms with E-state index in [4.69, 9.17) is 0 Å². The minimum Gasteiger partial charge on any atom is -0.358 e. The summed E-state index contributed by atoms with van der Waals surface area (Å²) < 4.78 is 1.09. The summed E-state index contributed by atoms with van der Waals surface area (Å²) in [4.78, 5) is 19.0. The van der Waals surface area contributed by atoms with E-state index in [2.05, 4.69) is 11.7 Å². The zero-order valence-electron chi connectivity index (χ0n) is 6.99. The van der Waals surface area contributed by atoms with E-state index >= 15 is 0 Å². The van der Waals surface area contributed by atoms with Crippen LogP contribution in [0.25, 0.3) is 0 Å². The molecule has 0 bridgehead atoms. The quantitative estimate of drug-likeness (QED) is 0.405. The summed E-state index contributed by atoms with van der Waals surface area (Å²) in [6, 6.07) is 0. The molecule has 0 unspecified atom stereocenters. The molecule has 0 radical (unpaired) electrons. The van der Waals surface area contributed by atoms with Crippen LogP contribution in [0.4, 0.5) is 11.5 Å². The number of nitrogens with zero attached hydrogens (tertiary/aromatic N) is 4. The molecule has 0 aromatic carbocycles. The van der Waals surface area contributed by atoms with Gasteiger partial charge in [0.1, 0.15) is 6.20 Å². The Kier molecular flexibility index (Phi) is 2.56. The van der Waals surface area contributed by atoms with Crippen molar-refractivity contribution in [2.45, 2.75) is 6.54 Å². The molecule has 0 atom stereocenters. The van der Waals surface area contributed by atoms with Gasteiger partial charge in [0.05, 0.1) is 16.6 Å². The molecule has 0 aliphatic rings. The van der Waals surface area contributed by atoms with Crippen molar-refractivity contribution in [1.82, 2.24) is 9.78 Å². The average Bonchev–Trinajstić information content (AvgIpc) is 2.49. The Bertz CT molecular complexity index is 365. The number of allylic oxidation sites excluding steroid dienone is 1. The molecule has 14 heavy (non-hydrogen) atoms. The summed E-state index contributed by atoms with van der Waals surface area (Å²) in [5, 5.41) is 24.1. The van der Waals surface area contributed by atoms with Crippen molar-refractivity contribution in [3.63, 3.8) is 0 Å². The van der Waals surface area contributed by atoms with E-state index in [0.717, 1.165) is 10.9 Å². The molecule has 0 amide bonds. The van der Waals surface area contributed by atoms with Crippen molar-refractivity contribution in [2.24, 2.45) is 0 Å². The van der Waals surface area contributed by atoms with Gasteiger partial charge in [-0.3, -0.25) is 10.1 Å². The number of nitro groups is 2. The summed E-state index contributed by atoms with van der Waals surface area (Å²) in [7, 11) is 0. The number of aromatic nitrogens is 2. The lowest BCUT2D eigenvalue weighted by Crippen LogP contribution is -1.97. The van der Waals surface area contributed by atoms with E-state index in [1.54, 1.807) is 0 Å². The smallest absolute Gasteiger partial charge is 0.358 e. The number of hydrogen-bond acceptors (Lipinski definition) is 5. The first-order valence-corrected chi connectivity index (χ1v) is 3.53. The van der Waals surface area contributed by atoms with Crippen LogP contribution in [0.2, 0.25) is 0 Å². The molecule has 0 saturated carbocycles. The van der Waals surface area contributed by atoms with Crippen molar-refractivity contribution in [3.05, 3.63) is 39.1 Å². The van der Waals surface area contributed by atoms with Crippen LogP contribution >= 0.6 is 0 Å². The first-order chi connectivity index (χ1) is 6.56. The molecule has 1 rings (SSSR count). The highest BCUT2D eigenvalue weighted by atomic mass is 16.6. The summed E-state index contributed by atoms with van der Waals surface area (Å²) in [5.74, 6) is -0.753. The molecular formula is C6H6N4O4. The van der Waals surface area contributed by atoms with Crippen LogP contribution in [-0.4, -0.2) is 19.6 Å². The van der Waals surface area contributed by atoms with Gasteiger partial charge in [-0.05, 0) is 4.92 Å². The maximum atomic E-state index is 10.4. The van der Waals surface area contributed by atoms with Crippen LogP contribution in [0, 0.1) is 20.2 Å². The Balaban J connectivity index is 3.18. The van der Waals surface area contributed by atoms with E-state index in [1.165, 1.54) is 6.08 Å². The van der Waals surface area contributed by atoms with Gasteiger partial charge in [-0.2, -0.15) is 4.68 Å². The monoisotopic (exact) mass is 198 g/mol. The molecule has 0 fully saturated rings. The minimum absolute atomic E-state index is 0.189. The first kappa shape index (κ1) is 9.84. The Hall–Kier alpha value is -2.25. The summed E-state index contributed by atoms with van der Waals surface area (Å²) >= 11 is 0. The lowest BCUT2D eigenvalue weighted by Gasteiger charge is -1.85. The van der Waals surface area contributed by atoms with Gasteiger partial charge >= 0.3 is 11.5 Å². The molecule has 1 aromatic heterocycles. The highest BCUT2D eigenvalue weighted by Crippen LogP contribution is 2.23. The molecule has 0 aliphatic carbocycles. The third-order valence-electron chi connectivity index (χ3n) is 1.41. The van der Waals surface area contributed by atoms with E-state index < -0.39 is 21.4 Å². The molecule has 0 spiro atoms. The average molecular weight is 198 g/mol. The zero-order chi connectivity index (χ0) is 10.7. The Morgan fingerprint density at radius 3 is 2.50 bits per heavy atom. The van der Waals surface area contributed by atoms with E-state index in [-0.39, 0.29) is 6.54 Å². The molecular weight excluding hydrogens is 192 g/mol. The van der Waals surface area contributed by atoms with Crippen LogP contribution < -0.4 is 0 Å². The topological polar surface area (TPSA) is 104 Å². The molecule has 0 saturated heterocycles. The van der Waals surface area contributed by atoms with Crippen molar-refractivity contribution in [3.8, 4) is 0 Å². The second kappa shape index (κ2) is 3.64. The molecule has 1 aromatic rings. The lowest BCUT2D eigenvalue weighted by atomic mass is 10.5. The predicted molar refractivity (Wildman–Crippen MR) is 45.7 cm³/mol. The first-order valence-electron chi connectivity index (χ1n) is 3.53. The van der Waals surface area contributed by atoms with Gasteiger partial charge in [0.25, 0.3) is 0 Å².